The molecule has 90 valence electrons. The van der Waals surface area contributed by atoms with E-state index in [0.717, 1.165) is 12.2 Å². The van der Waals surface area contributed by atoms with Crippen molar-refractivity contribution in [1.82, 2.24) is 9.55 Å². The van der Waals surface area contributed by atoms with Crippen molar-refractivity contribution >= 4 is 0 Å². The number of hydrogen-bond acceptors (Lipinski definition) is 1. The second-order valence-corrected chi connectivity index (χ2v) is 4.82. The maximum atomic E-state index is 4.46. The summed E-state index contributed by atoms with van der Waals surface area (Å²) in [6.07, 6.45) is 4.00. The van der Waals surface area contributed by atoms with E-state index in [1.165, 1.54) is 16.7 Å². The number of nitrogens with zero attached hydrogens (tertiary/aromatic N) is 2. The number of rotatable bonds is 3. The Bertz CT molecular complexity index is 509. The van der Waals surface area contributed by atoms with E-state index in [2.05, 4.69) is 61.6 Å². The Kier molecular flexibility index (Phi) is 3.32. The minimum atomic E-state index is 0.580. The van der Waals surface area contributed by atoms with E-state index < -0.39 is 0 Å². The van der Waals surface area contributed by atoms with Crippen molar-refractivity contribution in [3.05, 3.63) is 41.9 Å². The van der Waals surface area contributed by atoms with Crippen LogP contribution in [0.4, 0.5) is 0 Å². The summed E-state index contributed by atoms with van der Waals surface area (Å²) in [6, 6.07) is 6.66. The van der Waals surface area contributed by atoms with Gasteiger partial charge in [-0.3, -0.25) is 0 Å². The molecule has 17 heavy (non-hydrogen) atoms. The molecule has 0 amide bonds. The first-order valence-corrected chi connectivity index (χ1v) is 6.24. The number of hydrogen-bond donors (Lipinski definition) is 0. The van der Waals surface area contributed by atoms with Gasteiger partial charge in [0.1, 0.15) is 0 Å². The summed E-state index contributed by atoms with van der Waals surface area (Å²) in [5, 5.41) is 0. The quantitative estimate of drug-likeness (QED) is 0.776. The van der Waals surface area contributed by atoms with Gasteiger partial charge in [0.15, 0.2) is 0 Å². The molecule has 0 aliphatic rings. The van der Waals surface area contributed by atoms with Crippen molar-refractivity contribution in [2.45, 2.75) is 40.2 Å². The van der Waals surface area contributed by atoms with E-state index in [4.69, 9.17) is 0 Å². The van der Waals surface area contributed by atoms with Crippen LogP contribution in [0.15, 0.2) is 30.7 Å². The summed E-state index contributed by atoms with van der Waals surface area (Å²) in [6.45, 7) is 9.70. The van der Waals surface area contributed by atoms with Gasteiger partial charge in [-0.1, -0.05) is 32.0 Å². The zero-order valence-electron chi connectivity index (χ0n) is 11.1. The van der Waals surface area contributed by atoms with E-state index >= 15 is 0 Å². The average Bonchev–Trinajstić information content (AvgIpc) is 2.77. The summed E-state index contributed by atoms with van der Waals surface area (Å²) in [4.78, 5) is 4.46. The Balaban J connectivity index is 2.39. The third-order valence-electron chi connectivity index (χ3n) is 3.19. The predicted octanol–water partition coefficient (Wildman–Crippen LogP) is 4.00. The molecule has 1 aromatic heterocycles. The number of imidazole rings is 1. The van der Waals surface area contributed by atoms with Crippen molar-refractivity contribution in [2.75, 3.05) is 0 Å². The highest BCUT2D eigenvalue weighted by atomic mass is 15.0. The molecule has 2 heteroatoms. The van der Waals surface area contributed by atoms with Crippen molar-refractivity contribution in [3.8, 4) is 11.3 Å². The third kappa shape index (κ3) is 2.41. The SMILES string of the molecule is CCn1cnc(-c2ccc(C(C)C)cc2C)c1. The fourth-order valence-corrected chi connectivity index (χ4v) is 2.01. The summed E-state index contributed by atoms with van der Waals surface area (Å²) < 4.78 is 2.10. The largest absolute Gasteiger partial charge is 0.337 e. The second-order valence-electron chi connectivity index (χ2n) is 4.82. The molecule has 0 bridgehead atoms. The summed E-state index contributed by atoms with van der Waals surface area (Å²) in [5.41, 5.74) is 5.00. The Labute approximate surface area is 103 Å². The summed E-state index contributed by atoms with van der Waals surface area (Å²) >= 11 is 0. The lowest BCUT2D eigenvalue weighted by Gasteiger charge is -2.09. The predicted molar refractivity (Wildman–Crippen MR) is 72.2 cm³/mol. The normalized spacial score (nSPS) is 11.1. The minimum absolute atomic E-state index is 0.580. The lowest BCUT2D eigenvalue weighted by atomic mass is 9.97. The van der Waals surface area contributed by atoms with Crippen LogP contribution in [0, 0.1) is 6.92 Å². The first-order valence-electron chi connectivity index (χ1n) is 6.24. The van der Waals surface area contributed by atoms with Gasteiger partial charge in [-0.2, -0.15) is 0 Å². The lowest BCUT2D eigenvalue weighted by Crippen LogP contribution is -1.91. The van der Waals surface area contributed by atoms with Crippen molar-refractivity contribution in [1.29, 1.82) is 0 Å². The van der Waals surface area contributed by atoms with E-state index in [1.54, 1.807) is 0 Å². The molecule has 0 saturated carbocycles. The Morgan fingerprint density at radius 3 is 2.59 bits per heavy atom. The van der Waals surface area contributed by atoms with Gasteiger partial charge in [0.25, 0.3) is 0 Å². The van der Waals surface area contributed by atoms with Crippen LogP contribution in [0.1, 0.15) is 37.8 Å². The summed E-state index contributed by atoms with van der Waals surface area (Å²) in [7, 11) is 0. The number of aromatic nitrogens is 2. The van der Waals surface area contributed by atoms with Crippen LogP contribution in [0.2, 0.25) is 0 Å². The van der Waals surface area contributed by atoms with Crippen LogP contribution in [0.3, 0.4) is 0 Å². The van der Waals surface area contributed by atoms with Crippen LogP contribution in [0.25, 0.3) is 11.3 Å². The van der Waals surface area contributed by atoms with Crippen molar-refractivity contribution in [2.24, 2.45) is 0 Å². The molecule has 1 heterocycles. The van der Waals surface area contributed by atoms with Crippen molar-refractivity contribution in [3.63, 3.8) is 0 Å². The smallest absolute Gasteiger partial charge is 0.0953 e. The van der Waals surface area contributed by atoms with Gasteiger partial charge in [-0.05, 0) is 30.9 Å². The first kappa shape index (κ1) is 11.9. The van der Waals surface area contributed by atoms with Gasteiger partial charge < -0.3 is 4.57 Å². The maximum absolute atomic E-state index is 4.46. The Morgan fingerprint density at radius 2 is 2.06 bits per heavy atom. The zero-order valence-corrected chi connectivity index (χ0v) is 11.1. The van der Waals surface area contributed by atoms with Gasteiger partial charge in [-0.25, -0.2) is 4.98 Å². The molecule has 2 aromatic rings. The van der Waals surface area contributed by atoms with E-state index in [9.17, 15) is 0 Å². The molecule has 0 N–H and O–H groups in total. The zero-order chi connectivity index (χ0) is 12.4. The molecule has 0 aliphatic carbocycles. The molecule has 0 unspecified atom stereocenters. The van der Waals surface area contributed by atoms with Crippen LogP contribution >= 0.6 is 0 Å². The van der Waals surface area contributed by atoms with E-state index in [0.29, 0.717) is 5.92 Å². The van der Waals surface area contributed by atoms with Gasteiger partial charge in [0.05, 0.1) is 12.0 Å². The molecule has 0 saturated heterocycles. The molecule has 2 nitrogen and oxygen atoms in total. The third-order valence-corrected chi connectivity index (χ3v) is 3.19. The highest BCUT2D eigenvalue weighted by Gasteiger charge is 2.07. The molecular weight excluding hydrogens is 208 g/mol. The summed E-state index contributed by atoms with van der Waals surface area (Å²) in [5.74, 6) is 0.580. The van der Waals surface area contributed by atoms with Crippen molar-refractivity contribution < 1.29 is 0 Å². The average molecular weight is 228 g/mol. The second kappa shape index (κ2) is 4.74. The topological polar surface area (TPSA) is 17.8 Å². The molecule has 0 spiro atoms. The lowest BCUT2D eigenvalue weighted by molar-refractivity contribution is 0.762. The molecule has 0 atom stereocenters. The highest BCUT2D eigenvalue weighted by molar-refractivity contribution is 5.63. The molecule has 0 aliphatic heterocycles. The van der Waals surface area contributed by atoms with Crippen LogP contribution in [-0.2, 0) is 6.54 Å². The molecule has 1 aromatic carbocycles. The molecule has 0 fully saturated rings. The standard InChI is InChI=1S/C15H20N2/c1-5-17-9-15(16-10-17)14-7-6-13(11(2)3)8-12(14)4/h6-11H,5H2,1-4H3. The van der Waals surface area contributed by atoms with Gasteiger partial charge in [-0.15, -0.1) is 0 Å². The van der Waals surface area contributed by atoms with Crippen LogP contribution in [0.5, 0.6) is 0 Å². The highest BCUT2D eigenvalue weighted by Crippen LogP contribution is 2.25. The Morgan fingerprint density at radius 1 is 1.29 bits per heavy atom. The number of benzene rings is 1. The Hall–Kier alpha value is -1.57. The maximum Gasteiger partial charge on any atom is 0.0953 e. The first-order chi connectivity index (χ1) is 8.11. The fraction of sp³-hybridized carbons (Fsp3) is 0.400. The molecule has 0 radical (unpaired) electrons. The van der Waals surface area contributed by atoms with E-state index in [1.807, 2.05) is 6.33 Å². The minimum Gasteiger partial charge on any atom is -0.337 e. The van der Waals surface area contributed by atoms with E-state index in [-0.39, 0.29) is 0 Å². The van der Waals surface area contributed by atoms with Gasteiger partial charge >= 0.3 is 0 Å². The number of aryl methyl sites for hydroxylation is 2. The monoisotopic (exact) mass is 228 g/mol. The fourth-order valence-electron chi connectivity index (χ4n) is 2.01. The van der Waals surface area contributed by atoms with Gasteiger partial charge in [0.2, 0.25) is 0 Å². The molecular formula is C15H20N2. The van der Waals surface area contributed by atoms with Crippen LogP contribution in [-0.4, -0.2) is 9.55 Å². The van der Waals surface area contributed by atoms with Crippen LogP contribution < -0.4 is 0 Å². The van der Waals surface area contributed by atoms with Gasteiger partial charge in [0, 0.05) is 18.3 Å². The molecule has 2 rings (SSSR count).